The van der Waals surface area contributed by atoms with E-state index >= 15 is 0 Å². The Hall–Kier alpha value is -3.42. The topological polar surface area (TPSA) is 0 Å². The molecular weight excluding hydrogens is 593 g/mol. The summed E-state index contributed by atoms with van der Waals surface area (Å²) in [6.07, 6.45) is 6.09. The van der Waals surface area contributed by atoms with Crippen LogP contribution in [0.2, 0.25) is 0 Å². The molecule has 0 unspecified atom stereocenters. The minimum Gasteiger partial charge on any atom is -0.0730 e. The third-order valence-corrected chi connectivity index (χ3v) is 15.5. The van der Waals surface area contributed by atoms with Gasteiger partial charge >= 0.3 is 0 Å². The molecule has 0 aromatic heterocycles. The number of rotatable bonds is 11. The highest BCUT2D eigenvalue weighted by molar-refractivity contribution is 7.16. The Labute approximate surface area is 294 Å². The number of hydrogen-bond acceptors (Lipinski definition) is 0. The second kappa shape index (κ2) is 14.6. The maximum absolute atomic E-state index is 2.82. The maximum atomic E-state index is 2.62. The Morgan fingerprint density at radius 3 is 1.02 bits per heavy atom. The van der Waals surface area contributed by atoms with Crippen molar-refractivity contribution >= 4 is 29.2 Å². The lowest BCUT2D eigenvalue weighted by atomic mass is 9.95. The fraction of sp³-hybridized carbons (Fsp3) is 0.404. The maximum Gasteiger partial charge on any atom is 0.176 e. The largest absolute Gasteiger partial charge is 0.176 e. The predicted molar refractivity (Wildman–Crippen MR) is 216 cm³/mol. The van der Waals surface area contributed by atoms with Gasteiger partial charge in [0.15, 0.2) is 8.07 Å². The molecule has 0 nitrogen and oxygen atoms in total. The first-order valence-electron chi connectivity index (χ1n) is 18.6. The van der Waals surface area contributed by atoms with Crippen molar-refractivity contribution in [2.45, 2.75) is 125 Å². The van der Waals surface area contributed by atoms with Gasteiger partial charge < -0.3 is 0 Å². The zero-order valence-electron chi connectivity index (χ0n) is 31.9. The third-order valence-electron chi connectivity index (χ3n) is 10.7. The van der Waals surface area contributed by atoms with Crippen molar-refractivity contribution in [2.75, 3.05) is 0 Å². The van der Waals surface area contributed by atoms with E-state index in [2.05, 4.69) is 180 Å². The van der Waals surface area contributed by atoms with Crippen LogP contribution in [-0.2, 0) is 0 Å². The highest BCUT2D eigenvalue weighted by Crippen LogP contribution is 2.35. The first kappa shape index (κ1) is 35.9. The molecule has 0 radical (unpaired) electrons. The van der Waals surface area contributed by atoms with Crippen molar-refractivity contribution in [3.63, 3.8) is 0 Å². The van der Waals surface area contributed by atoms with E-state index in [1.165, 1.54) is 60.1 Å². The molecule has 0 heterocycles. The van der Waals surface area contributed by atoms with Crippen LogP contribution in [0.4, 0.5) is 0 Å². The zero-order chi connectivity index (χ0) is 34.9. The highest BCUT2D eigenvalue weighted by Gasteiger charge is 2.45. The zero-order valence-corrected chi connectivity index (χ0v) is 32.9. The lowest BCUT2D eigenvalue weighted by molar-refractivity contribution is 0.834. The van der Waals surface area contributed by atoms with Crippen LogP contribution in [0.3, 0.4) is 0 Å². The van der Waals surface area contributed by atoms with E-state index in [0.29, 0.717) is 35.5 Å². The van der Waals surface area contributed by atoms with E-state index in [1.807, 2.05) is 0 Å². The first-order chi connectivity index (χ1) is 22.7. The van der Waals surface area contributed by atoms with Crippen molar-refractivity contribution in [3.8, 4) is 0 Å². The minimum absolute atomic E-state index is 0.450. The monoisotopic (exact) mass is 652 g/mol. The van der Waals surface area contributed by atoms with E-state index < -0.39 is 8.07 Å². The van der Waals surface area contributed by atoms with Gasteiger partial charge in [-0.1, -0.05) is 185 Å². The molecular formula is C47H60Si. The highest BCUT2D eigenvalue weighted by atomic mass is 28.3. The normalized spacial score (nSPS) is 13.9. The number of hydrogen-bond donors (Lipinski definition) is 0. The van der Waals surface area contributed by atoms with Crippen LogP contribution in [0, 0.1) is 0 Å². The average molecular weight is 653 g/mol. The molecule has 1 aliphatic rings. The van der Waals surface area contributed by atoms with Crippen molar-refractivity contribution in [1.29, 1.82) is 0 Å². The molecule has 252 valence electrons. The smallest absolute Gasteiger partial charge is 0.0730 e. The van der Waals surface area contributed by atoms with Gasteiger partial charge in [-0.05, 0) is 102 Å². The predicted octanol–water partition coefficient (Wildman–Crippen LogP) is 11.9. The lowest BCUT2D eigenvalue weighted by Gasteiger charge is -2.38. The van der Waals surface area contributed by atoms with Crippen LogP contribution in [0.1, 0.15) is 164 Å². The van der Waals surface area contributed by atoms with Gasteiger partial charge in [-0.25, -0.2) is 0 Å². The summed E-state index contributed by atoms with van der Waals surface area (Å²) in [5, 5.41) is 6.22. The van der Waals surface area contributed by atoms with Gasteiger partial charge in [0.1, 0.15) is 0 Å². The SMILES string of the molecule is CC(C)c1cc(C(C)C)cc([Si](C2=CC(c3ccccc3)=CC2)(c2cc(C(C)C)cc(C(C)C)c2)c2cc(C(C)C)cc(C(C)C)c2)c1. The quantitative estimate of drug-likeness (QED) is 0.112. The molecule has 0 bridgehead atoms. The van der Waals surface area contributed by atoms with Gasteiger partial charge in [-0.2, -0.15) is 0 Å². The van der Waals surface area contributed by atoms with E-state index in [9.17, 15) is 0 Å². The fourth-order valence-corrected chi connectivity index (χ4v) is 12.5. The van der Waals surface area contributed by atoms with Gasteiger partial charge in [0.25, 0.3) is 0 Å². The minimum atomic E-state index is -2.82. The summed E-state index contributed by atoms with van der Waals surface area (Å²) in [6, 6.07) is 34.2. The van der Waals surface area contributed by atoms with Crippen LogP contribution >= 0.6 is 0 Å². The molecule has 1 heteroatoms. The molecule has 1 aliphatic carbocycles. The van der Waals surface area contributed by atoms with E-state index in [-0.39, 0.29) is 0 Å². The molecule has 0 spiro atoms. The molecule has 0 fully saturated rings. The molecule has 48 heavy (non-hydrogen) atoms. The van der Waals surface area contributed by atoms with Crippen LogP contribution in [0.25, 0.3) is 5.57 Å². The average Bonchev–Trinajstić information content (AvgIpc) is 3.55. The Morgan fingerprint density at radius 1 is 0.417 bits per heavy atom. The van der Waals surface area contributed by atoms with Gasteiger partial charge in [-0.15, -0.1) is 0 Å². The Bertz CT molecular complexity index is 1560. The molecule has 4 aromatic rings. The van der Waals surface area contributed by atoms with Crippen molar-refractivity contribution in [1.82, 2.24) is 0 Å². The van der Waals surface area contributed by atoms with Crippen LogP contribution in [0.15, 0.2) is 102 Å². The summed E-state index contributed by atoms with van der Waals surface area (Å²) in [4.78, 5) is 0. The fourth-order valence-electron chi connectivity index (χ4n) is 7.35. The molecule has 0 aliphatic heterocycles. The number of benzene rings is 4. The first-order valence-corrected chi connectivity index (χ1v) is 20.6. The Balaban J connectivity index is 2.02. The van der Waals surface area contributed by atoms with Gasteiger partial charge in [0, 0.05) is 0 Å². The Kier molecular flexibility index (Phi) is 10.9. The summed E-state index contributed by atoms with van der Waals surface area (Å²) in [7, 11) is -2.82. The van der Waals surface area contributed by atoms with Gasteiger partial charge in [0.05, 0.1) is 0 Å². The molecule has 0 amide bonds. The molecule has 0 saturated carbocycles. The second-order valence-corrected chi connectivity index (χ2v) is 20.1. The molecule has 0 atom stereocenters. The Morgan fingerprint density at radius 2 is 0.729 bits per heavy atom. The molecule has 0 saturated heterocycles. The van der Waals surface area contributed by atoms with Crippen molar-refractivity contribution in [3.05, 3.63) is 141 Å². The van der Waals surface area contributed by atoms with Crippen molar-refractivity contribution in [2.24, 2.45) is 0 Å². The molecule has 0 N–H and O–H groups in total. The molecule has 4 aromatic carbocycles. The third kappa shape index (κ3) is 7.13. The number of allylic oxidation sites excluding steroid dienone is 4. The van der Waals surface area contributed by atoms with Crippen molar-refractivity contribution < 1.29 is 0 Å². The lowest BCUT2D eigenvalue weighted by Crippen LogP contribution is -2.69. The summed E-state index contributed by atoms with van der Waals surface area (Å²) in [5.74, 6) is 2.70. The molecule has 5 rings (SSSR count). The summed E-state index contributed by atoms with van der Waals surface area (Å²) >= 11 is 0. The van der Waals surface area contributed by atoms with E-state index in [4.69, 9.17) is 0 Å². The van der Waals surface area contributed by atoms with Gasteiger partial charge in [0.2, 0.25) is 0 Å². The van der Waals surface area contributed by atoms with Crippen LogP contribution < -0.4 is 15.6 Å². The summed E-state index contributed by atoms with van der Waals surface area (Å²) < 4.78 is 0. The second-order valence-electron chi connectivity index (χ2n) is 16.2. The van der Waals surface area contributed by atoms with Crippen LogP contribution in [0.5, 0.6) is 0 Å². The van der Waals surface area contributed by atoms with E-state index in [0.717, 1.165) is 6.42 Å². The summed E-state index contributed by atoms with van der Waals surface area (Å²) in [6.45, 7) is 28.4. The standard InChI is InChI=1S/C47H60Si/c1-30(2)38-20-39(31(3)4)25-45(24-38)48(44-19-18-37(23-44)36-16-14-13-15-17-36,46-26-40(32(5)6)21-41(27-46)33(7)8)47-28-42(34(9)10)22-43(29-47)35(11)12/h13-18,20-35H,19H2,1-12H3. The van der Waals surface area contributed by atoms with Crippen LogP contribution in [-0.4, -0.2) is 8.07 Å². The van der Waals surface area contributed by atoms with E-state index in [1.54, 1.807) is 5.20 Å². The summed E-state index contributed by atoms with van der Waals surface area (Å²) in [5.41, 5.74) is 11.4. The van der Waals surface area contributed by atoms with Gasteiger partial charge in [-0.3, -0.25) is 0 Å².